The summed E-state index contributed by atoms with van der Waals surface area (Å²) < 4.78 is 13.1. The predicted molar refractivity (Wildman–Crippen MR) is 89.4 cm³/mol. The van der Waals surface area contributed by atoms with Gasteiger partial charge in [0.15, 0.2) is 0 Å². The molecule has 0 radical (unpaired) electrons. The van der Waals surface area contributed by atoms with Crippen LogP contribution >= 0.6 is 15.9 Å². The molecule has 3 nitrogen and oxygen atoms in total. The number of hydrogen-bond acceptors (Lipinski definition) is 3. The van der Waals surface area contributed by atoms with E-state index in [0.717, 1.165) is 48.6 Å². The number of furan rings is 1. The van der Waals surface area contributed by atoms with Crippen LogP contribution in [0.4, 0.5) is 0 Å². The minimum absolute atomic E-state index is 0.120. The molecule has 120 valence electrons. The van der Waals surface area contributed by atoms with Gasteiger partial charge in [-0.25, -0.2) is 0 Å². The first-order valence-electron chi connectivity index (χ1n) is 8.23. The van der Waals surface area contributed by atoms with Crippen molar-refractivity contribution in [2.45, 2.75) is 64.5 Å². The minimum atomic E-state index is -0.142. The average Bonchev–Trinajstić information content (AvgIpc) is 2.89. The third-order valence-electron chi connectivity index (χ3n) is 4.58. The summed E-state index contributed by atoms with van der Waals surface area (Å²) in [4.78, 5) is 0. The van der Waals surface area contributed by atoms with Gasteiger partial charge < -0.3 is 14.5 Å². The molecule has 0 amide bonds. The van der Waals surface area contributed by atoms with Crippen molar-refractivity contribution in [2.24, 2.45) is 5.92 Å². The van der Waals surface area contributed by atoms with E-state index in [9.17, 15) is 0 Å². The lowest BCUT2D eigenvalue weighted by atomic mass is 9.74. The van der Waals surface area contributed by atoms with Gasteiger partial charge >= 0.3 is 0 Å². The van der Waals surface area contributed by atoms with Crippen molar-refractivity contribution in [2.75, 3.05) is 13.2 Å². The average molecular weight is 358 g/mol. The van der Waals surface area contributed by atoms with E-state index in [1.54, 1.807) is 6.26 Å². The van der Waals surface area contributed by atoms with E-state index in [1.807, 2.05) is 6.07 Å². The van der Waals surface area contributed by atoms with E-state index in [0.29, 0.717) is 0 Å². The van der Waals surface area contributed by atoms with Gasteiger partial charge in [0.25, 0.3) is 0 Å². The van der Waals surface area contributed by atoms with Crippen LogP contribution in [0.1, 0.15) is 64.7 Å². The summed E-state index contributed by atoms with van der Waals surface area (Å²) in [5, 5.41) is 3.67. The van der Waals surface area contributed by atoms with Crippen LogP contribution in [0, 0.1) is 5.92 Å². The van der Waals surface area contributed by atoms with E-state index in [-0.39, 0.29) is 11.6 Å². The molecule has 1 saturated carbocycles. The molecular formula is C17H28BrNO2. The summed E-state index contributed by atoms with van der Waals surface area (Å²) in [6.07, 6.45) is 7.50. The van der Waals surface area contributed by atoms with Gasteiger partial charge in [-0.15, -0.1) is 0 Å². The Kier molecular flexibility index (Phi) is 6.33. The van der Waals surface area contributed by atoms with E-state index in [1.165, 1.54) is 12.8 Å². The smallest absolute Gasteiger partial charge is 0.137 e. The molecule has 1 aromatic heterocycles. The molecule has 1 fully saturated rings. The SMILES string of the molecule is CCCNC(c1occc1Br)C1(OCC)CCC(C)CC1. The van der Waals surface area contributed by atoms with Gasteiger partial charge in [0.1, 0.15) is 5.76 Å². The molecule has 1 aliphatic rings. The Morgan fingerprint density at radius 2 is 2.14 bits per heavy atom. The molecule has 0 bridgehead atoms. The van der Waals surface area contributed by atoms with Gasteiger partial charge in [0.2, 0.25) is 0 Å². The fraction of sp³-hybridized carbons (Fsp3) is 0.765. The molecule has 1 atom stereocenters. The standard InChI is InChI=1S/C17H28BrNO2/c1-4-11-19-16(15-14(18)8-12-20-15)17(21-5-2)9-6-13(3)7-10-17/h8,12-13,16,19H,4-7,9-11H2,1-3H3. The second-order valence-corrected chi connectivity index (χ2v) is 7.05. The maximum Gasteiger partial charge on any atom is 0.137 e. The van der Waals surface area contributed by atoms with Crippen LogP contribution in [-0.4, -0.2) is 18.8 Å². The number of rotatable bonds is 7. The molecule has 2 rings (SSSR count). The molecule has 4 heteroatoms. The van der Waals surface area contributed by atoms with Crippen LogP contribution in [0.5, 0.6) is 0 Å². The number of halogens is 1. The highest BCUT2D eigenvalue weighted by molar-refractivity contribution is 9.10. The van der Waals surface area contributed by atoms with Crippen molar-refractivity contribution in [1.82, 2.24) is 5.32 Å². The Balaban J connectivity index is 2.29. The Morgan fingerprint density at radius 1 is 1.43 bits per heavy atom. The lowest BCUT2D eigenvalue weighted by Crippen LogP contribution is -2.48. The van der Waals surface area contributed by atoms with E-state index in [2.05, 4.69) is 42.0 Å². The van der Waals surface area contributed by atoms with Crippen molar-refractivity contribution in [1.29, 1.82) is 0 Å². The Morgan fingerprint density at radius 3 is 2.67 bits per heavy atom. The third-order valence-corrected chi connectivity index (χ3v) is 5.24. The van der Waals surface area contributed by atoms with E-state index >= 15 is 0 Å². The largest absolute Gasteiger partial charge is 0.466 e. The maximum absolute atomic E-state index is 6.31. The summed E-state index contributed by atoms with van der Waals surface area (Å²) in [7, 11) is 0. The fourth-order valence-corrected chi connectivity index (χ4v) is 3.80. The number of hydrogen-bond donors (Lipinski definition) is 1. The fourth-order valence-electron chi connectivity index (χ4n) is 3.37. The lowest BCUT2D eigenvalue weighted by molar-refractivity contribution is -0.101. The molecule has 0 aromatic carbocycles. The summed E-state index contributed by atoms with van der Waals surface area (Å²) in [5.41, 5.74) is -0.142. The van der Waals surface area contributed by atoms with Crippen molar-refractivity contribution in [3.8, 4) is 0 Å². The molecule has 0 aliphatic heterocycles. The number of ether oxygens (including phenoxy) is 1. The van der Waals surface area contributed by atoms with Gasteiger partial charge in [0.05, 0.1) is 22.4 Å². The van der Waals surface area contributed by atoms with Crippen LogP contribution in [0.2, 0.25) is 0 Å². The van der Waals surface area contributed by atoms with Gasteiger partial charge in [-0.2, -0.15) is 0 Å². The van der Waals surface area contributed by atoms with Crippen molar-refractivity contribution in [3.63, 3.8) is 0 Å². The van der Waals surface area contributed by atoms with Crippen LogP contribution in [0.15, 0.2) is 21.2 Å². The van der Waals surface area contributed by atoms with Gasteiger partial charge in [-0.05, 0) is 73.5 Å². The van der Waals surface area contributed by atoms with Crippen molar-refractivity contribution in [3.05, 3.63) is 22.6 Å². The van der Waals surface area contributed by atoms with Crippen LogP contribution in [0.25, 0.3) is 0 Å². The molecule has 0 spiro atoms. The zero-order valence-corrected chi connectivity index (χ0v) is 15.0. The summed E-state index contributed by atoms with van der Waals surface area (Å²) in [6, 6.07) is 2.09. The predicted octanol–water partition coefficient (Wildman–Crippen LogP) is 5.07. The van der Waals surface area contributed by atoms with Gasteiger partial charge in [-0.1, -0.05) is 13.8 Å². The van der Waals surface area contributed by atoms with Crippen LogP contribution in [-0.2, 0) is 4.74 Å². The minimum Gasteiger partial charge on any atom is -0.466 e. The molecular weight excluding hydrogens is 330 g/mol. The summed E-state index contributed by atoms with van der Waals surface area (Å²) in [5.74, 6) is 1.77. The third kappa shape index (κ3) is 3.91. The highest BCUT2D eigenvalue weighted by Crippen LogP contribution is 2.45. The van der Waals surface area contributed by atoms with Gasteiger partial charge in [-0.3, -0.25) is 0 Å². The summed E-state index contributed by atoms with van der Waals surface area (Å²) >= 11 is 3.62. The second-order valence-electron chi connectivity index (χ2n) is 6.20. The van der Waals surface area contributed by atoms with Crippen molar-refractivity contribution >= 4 is 15.9 Å². The van der Waals surface area contributed by atoms with E-state index < -0.39 is 0 Å². The van der Waals surface area contributed by atoms with Crippen LogP contribution < -0.4 is 5.32 Å². The molecule has 21 heavy (non-hydrogen) atoms. The molecule has 1 unspecified atom stereocenters. The van der Waals surface area contributed by atoms with Gasteiger partial charge in [0, 0.05) is 6.61 Å². The topological polar surface area (TPSA) is 34.4 Å². The molecule has 1 aliphatic carbocycles. The lowest BCUT2D eigenvalue weighted by Gasteiger charge is -2.44. The molecule has 1 heterocycles. The first-order valence-corrected chi connectivity index (χ1v) is 9.02. The molecule has 1 aromatic rings. The van der Waals surface area contributed by atoms with Crippen molar-refractivity contribution < 1.29 is 9.15 Å². The monoisotopic (exact) mass is 357 g/mol. The first-order chi connectivity index (χ1) is 10.1. The normalized spacial score (nSPS) is 27.7. The zero-order valence-electron chi connectivity index (χ0n) is 13.5. The molecule has 0 saturated heterocycles. The molecule has 1 N–H and O–H groups in total. The Labute approximate surface area is 136 Å². The highest BCUT2D eigenvalue weighted by Gasteiger charge is 2.44. The van der Waals surface area contributed by atoms with Crippen LogP contribution in [0.3, 0.4) is 0 Å². The van der Waals surface area contributed by atoms with E-state index in [4.69, 9.17) is 9.15 Å². The number of nitrogens with one attached hydrogen (secondary N) is 1. The highest BCUT2D eigenvalue weighted by atomic mass is 79.9. The quantitative estimate of drug-likeness (QED) is 0.739. The maximum atomic E-state index is 6.31. The Hall–Kier alpha value is -0.320. The second kappa shape index (κ2) is 7.80. The first kappa shape index (κ1) is 17.0. The Bertz CT molecular complexity index is 424. The summed E-state index contributed by atoms with van der Waals surface area (Å²) in [6.45, 7) is 8.34. The zero-order chi connectivity index (χ0) is 15.3.